The van der Waals surface area contributed by atoms with E-state index >= 15 is 0 Å². The van der Waals surface area contributed by atoms with Crippen molar-refractivity contribution in [3.63, 3.8) is 0 Å². The molecule has 2 heterocycles. The summed E-state index contributed by atoms with van der Waals surface area (Å²) in [6.45, 7) is 6.21. The molecule has 1 aromatic heterocycles. The van der Waals surface area contributed by atoms with E-state index in [-0.39, 0.29) is 5.91 Å². The van der Waals surface area contributed by atoms with Crippen LogP contribution in [0, 0.1) is 31.0 Å². The highest BCUT2D eigenvalue weighted by atomic mass is 19.1. The number of carbonyl (C=O) groups is 1. The van der Waals surface area contributed by atoms with Crippen molar-refractivity contribution >= 4 is 22.6 Å². The van der Waals surface area contributed by atoms with E-state index in [1.807, 2.05) is 30.9 Å². The SMILES string of the molecule is Cc1cc2cc(C#N)c(N3CCN(C(=O)c4cccc(F)c4)CC3)nc2cc1C. The van der Waals surface area contributed by atoms with Gasteiger partial charge in [0.1, 0.15) is 17.7 Å². The molecular formula is C23H21FN4O. The number of benzene rings is 2. The topological polar surface area (TPSA) is 60.2 Å². The van der Waals surface area contributed by atoms with Crippen LogP contribution in [0.3, 0.4) is 0 Å². The lowest BCUT2D eigenvalue weighted by molar-refractivity contribution is 0.0746. The Morgan fingerprint density at radius 2 is 1.79 bits per heavy atom. The molecular weight excluding hydrogens is 367 g/mol. The Balaban J connectivity index is 1.56. The minimum Gasteiger partial charge on any atom is -0.352 e. The molecule has 0 spiro atoms. The molecule has 6 heteroatoms. The number of amides is 1. The molecule has 0 radical (unpaired) electrons. The van der Waals surface area contributed by atoms with Gasteiger partial charge in [-0.3, -0.25) is 4.79 Å². The summed E-state index contributed by atoms with van der Waals surface area (Å²) in [5.74, 6) is 0.0578. The van der Waals surface area contributed by atoms with E-state index in [0.29, 0.717) is 43.1 Å². The zero-order chi connectivity index (χ0) is 20.5. The van der Waals surface area contributed by atoms with Gasteiger partial charge in [-0.2, -0.15) is 5.26 Å². The molecule has 2 aromatic carbocycles. The highest BCUT2D eigenvalue weighted by Crippen LogP contribution is 2.26. The predicted octanol–water partition coefficient (Wildman–Crippen LogP) is 3.82. The molecule has 1 fully saturated rings. The van der Waals surface area contributed by atoms with Crippen LogP contribution in [0.4, 0.5) is 10.2 Å². The van der Waals surface area contributed by atoms with E-state index in [1.54, 1.807) is 17.0 Å². The van der Waals surface area contributed by atoms with Gasteiger partial charge in [-0.05, 0) is 61.4 Å². The van der Waals surface area contributed by atoms with Crippen molar-refractivity contribution in [3.8, 4) is 6.07 Å². The fraction of sp³-hybridized carbons (Fsp3) is 0.261. The zero-order valence-electron chi connectivity index (χ0n) is 16.4. The van der Waals surface area contributed by atoms with Crippen LogP contribution in [-0.2, 0) is 0 Å². The number of anilines is 1. The summed E-state index contributed by atoms with van der Waals surface area (Å²) in [7, 11) is 0. The van der Waals surface area contributed by atoms with Gasteiger partial charge >= 0.3 is 0 Å². The molecule has 0 unspecified atom stereocenters. The maximum absolute atomic E-state index is 13.4. The minimum absolute atomic E-state index is 0.178. The first-order chi connectivity index (χ1) is 14.0. The fourth-order valence-corrected chi connectivity index (χ4v) is 3.68. The van der Waals surface area contributed by atoms with Gasteiger partial charge in [-0.1, -0.05) is 6.07 Å². The molecule has 146 valence electrons. The van der Waals surface area contributed by atoms with Gasteiger partial charge in [0, 0.05) is 37.1 Å². The lowest BCUT2D eigenvalue weighted by atomic mass is 10.0. The van der Waals surface area contributed by atoms with Gasteiger partial charge in [0.05, 0.1) is 11.1 Å². The van der Waals surface area contributed by atoms with Crippen LogP contribution in [-0.4, -0.2) is 42.0 Å². The Morgan fingerprint density at radius 1 is 1.07 bits per heavy atom. The quantitative estimate of drug-likeness (QED) is 0.670. The number of carbonyl (C=O) groups excluding carboxylic acids is 1. The molecule has 0 saturated carbocycles. The minimum atomic E-state index is -0.418. The summed E-state index contributed by atoms with van der Waals surface area (Å²) in [4.78, 5) is 21.2. The predicted molar refractivity (Wildman–Crippen MR) is 110 cm³/mol. The van der Waals surface area contributed by atoms with Gasteiger partial charge in [-0.25, -0.2) is 9.37 Å². The monoisotopic (exact) mass is 388 g/mol. The van der Waals surface area contributed by atoms with Gasteiger partial charge < -0.3 is 9.80 Å². The number of aryl methyl sites for hydroxylation is 2. The molecule has 1 saturated heterocycles. The number of pyridine rings is 1. The lowest BCUT2D eigenvalue weighted by Gasteiger charge is -2.36. The second-order valence-corrected chi connectivity index (χ2v) is 7.39. The van der Waals surface area contributed by atoms with Crippen molar-refractivity contribution in [3.05, 3.63) is 70.5 Å². The van der Waals surface area contributed by atoms with E-state index in [2.05, 4.69) is 12.1 Å². The zero-order valence-corrected chi connectivity index (χ0v) is 16.4. The molecule has 0 bridgehead atoms. The number of halogens is 1. The van der Waals surface area contributed by atoms with Gasteiger partial charge in [0.15, 0.2) is 0 Å². The maximum Gasteiger partial charge on any atom is 0.254 e. The Bertz CT molecular complexity index is 1140. The Morgan fingerprint density at radius 3 is 2.48 bits per heavy atom. The molecule has 0 aliphatic carbocycles. The van der Waals surface area contributed by atoms with Crippen LogP contribution in [0.25, 0.3) is 10.9 Å². The number of aromatic nitrogens is 1. The standard InChI is InChI=1S/C23H21FN4O/c1-15-10-18-12-19(14-25)22(26-21(18)11-16(15)2)27-6-8-28(9-7-27)23(29)17-4-3-5-20(24)13-17/h3-5,10-13H,6-9H2,1-2H3. The third-order valence-corrected chi connectivity index (χ3v) is 5.47. The Hall–Kier alpha value is -3.46. The van der Waals surface area contributed by atoms with Gasteiger partial charge in [-0.15, -0.1) is 0 Å². The van der Waals surface area contributed by atoms with Crippen LogP contribution in [0.2, 0.25) is 0 Å². The first kappa shape index (κ1) is 18.9. The lowest BCUT2D eigenvalue weighted by Crippen LogP contribution is -2.49. The molecule has 29 heavy (non-hydrogen) atoms. The molecule has 4 rings (SSSR count). The van der Waals surface area contributed by atoms with Crippen molar-refractivity contribution in [2.45, 2.75) is 13.8 Å². The maximum atomic E-state index is 13.4. The van der Waals surface area contributed by atoms with E-state index in [4.69, 9.17) is 4.98 Å². The van der Waals surface area contributed by atoms with Gasteiger partial charge in [0.25, 0.3) is 5.91 Å². The van der Waals surface area contributed by atoms with Crippen LogP contribution in [0.15, 0.2) is 42.5 Å². The number of piperazine rings is 1. The number of hydrogen-bond acceptors (Lipinski definition) is 4. The number of hydrogen-bond donors (Lipinski definition) is 0. The second kappa shape index (κ2) is 7.51. The summed E-state index contributed by atoms with van der Waals surface area (Å²) in [6, 6.07) is 14.0. The third kappa shape index (κ3) is 3.64. The van der Waals surface area contributed by atoms with E-state index in [9.17, 15) is 14.4 Å². The molecule has 1 amide bonds. The molecule has 3 aromatic rings. The van der Waals surface area contributed by atoms with Crippen LogP contribution in [0.1, 0.15) is 27.0 Å². The van der Waals surface area contributed by atoms with Crippen molar-refractivity contribution in [2.24, 2.45) is 0 Å². The smallest absolute Gasteiger partial charge is 0.254 e. The number of nitriles is 1. The van der Waals surface area contributed by atoms with Crippen molar-refractivity contribution < 1.29 is 9.18 Å². The number of rotatable bonds is 2. The van der Waals surface area contributed by atoms with E-state index in [0.717, 1.165) is 16.5 Å². The van der Waals surface area contributed by atoms with Crippen molar-refractivity contribution in [1.29, 1.82) is 5.26 Å². The van der Waals surface area contributed by atoms with Crippen LogP contribution in [0.5, 0.6) is 0 Å². The van der Waals surface area contributed by atoms with Crippen LogP contribution < -0.4 is 4.90 Å². The summed E-state index contributed by atoms with van der Waals surface area (Å²) >= 11 is 0. The highest BCUT2D eigenvalue weighted by molar-refractivity contribution is 5.94. The van der Waals surface area contributed by atoms with Crippen LogP contribution >= 0.6 is 0 Å². The first-order valence-electron chi connectivity index (χ1n) is 9.58. The number of fused-ring (bicyclic) bond motifs is 1. The number of nitrogens with zero attached hydrogens (tertiary/aromatic N) is 4. The molecule has 0 N–H and O–H groups in total. The summed E-state index contributed by atoms with van der Waals surface area (Å²) in [6.07, 6.45) is 0. The normalized spacial score (nSPS) is 14.1. The summed E-state index contributed by atoms with van der Waals surface area (Å²) in [5.41, 5.74) is 4.07. The molecule has 5 nitrogen and oxygen atoms in total. The summed E-state index contributed by atoms with van der Waals surface area (Å²) < 4.78 is 13.4. The van der Waals surface area contributed by atoms with Crippen molar-refractivity contribution in [2.75, 3.05) is 31.1 Å². The summed E-state index contributed by atoms with van der Waals surface area (Å²) in [5, 5.41) is 10.6. The highest BCUT2D eigenvalue weighted by Gasteiger charge is 2.25. The Kier molecular flexibility index (Phi) is 4.89. The molecule has 1 aliphatic rings. The molecule has 1 aliphatic heterocycles. The average molecular weight is 388 g/mol. The first-order valence-corrected chi connectivity index (χ1v) is 9.58. The van der Waals surface area contributed by atoms with Crippen molar-refractivity contribution in [1.82, 2.24) is 9.88 Å². The average Bonchev–Trinajstić information content (AvgIpc) is 2.73. The largest absolute Gasteiger partial charge is 0.352 e. The second-order valence-electron chi connectivity index (χ2n) is 7.39. The van der Waals surface area contributed by atoms with E-state index in [1.165, 1.54) is 17.7 Å². The molecule has 0 atom stereocenters. The fourth-order valence-electron chi connectivity index (χ4n) is 3.68. The van der Waals surface area contributed by atoms with E-state index < -0.39 is 5.82 Å². The van der Waals surface area contributed by atoms with Gasteiger partial charge in [0.2, 0.25) is 0 Å². The third-order valence-electron chi connectivity index (χ3n) is 5.47. The Labute approximate surface area is 169 Å².